The number of hydrogen-bond donors (Lipinski definition) is 0. The number of amides is 1. The summed E-state index contributed by atoms with van der Waals surface area (Å²) in [5.41, 5.74) is 0. The average Bonchev–Trinajstić information content (AvgIpc) is 2.47. The number of hydrogen-bond acceptors (Lipinski definition) is 3. The number of alkyl halides is 1. The Bertz CT molecular complexity index is 356. The lowest BCUT2D eigenvalue weighted by molar-refractivity contribution is -0.117. The average molecular weight is 368 g/mol. The number of carbonyl (C=O) groups is 1. The van der Waals surface area contributed by atoms with Crippen molar-refractivity contribution in [1.29, 1.82) is 0 Å². The van der Waals surface area contributed by atoms with Crippen LogP contribution in [0.4, 0.5) is 5.95 Å². The van der Waals surface area contributed by atoms with E-state index in [1.54, 1.807) is 17.3 Å². The highest BCUT2D eigenvalue weighted by molar-refractivity contribution is 14.1. The Morgan fingerprint density at radius 1 is 1.50 bits per heavy atom. The number of halogens is 2. The van der Waals surface area contributed by atoms with E-state index in [2.05, 4.69) is 48.5 Å². The van der Waals surface area contributed by atoms with Gasteiger partial charge in [-0.15, -0.1) is 0 Å². The standard InChI is InChI=1S/C8H7BrIN3O/c9-5-1-7(14)13(4-5)8-11-2-6(10)3-12-8/h2-3,5H,1,4H2. The van der Waals surface area contributed by atoms with Crippen molar-refractivity contribution in [3.63, 3.8) is 0 Å². The predicted octanol–water partition coefficient (Wildman–Crippen LogP) is 1.58. The summed E-state index contributed by atoms with van der Waals surface area (Å²) in [6, 6.07) is 0. The van der Waals surface area contributed by atoms with E-state index in [1.165, 1.54) is 0 Å². The summed E-state index contributed by atoms with van der Waals surface area (Å²) in [5, 5.41) is 0. The van der Waals surface area contributed by atoms with Gasteiger partial charge in [0.25, 0.3) is 0 Å². The third-order valence-corrected chi connectivity index (χ3v) is 3.10. The predicted molar refractivity (Wildman–Crippen MR) is 64.4 cm³/mol. The van der Waals surface area contributed by atoms with Crippen LogP contribution in [0.2, 0.25) is 0 Å². The van der Waals surface area contributed by atoms with Crippen LogP contribution in [0.25, 0.3) is 0 Å². The zero-order valence-corrected chi connectivity index (χ0v) is 10.9. The van der Waals surface area contributed by atoms with Gasteiger partial charge >= 0.3 is 0 Å². The lowest BCUT2D eigenvalue weighted by atomic mass is 10.4. The lowest BCUT2D eigenvalue weighted by Crippen LogP contribution is -2.26. The maximum absolute atomic E-state index is 11.5. The molecule has 1 aromatic rings. The summed E-state index contributed by atoms with van der Waals surface area (Å²) in [6.45, 7) is 0.652. The van der Waals surface area contributed by atoms with Gasteiger partial charge in [0, 0.05) is 33.8 Å². The van der Waals surface area contributed by atoms with Crippen LogP contribution in [0.15, 0.2) is 12.4 Å². The molecule has 2 rings (SSSR count). The molecule has 0 radical (unpaired) electrons. The van der Waals surface area contributed by atoms with Crippen molar-refractivity contribution in [2.24, 2.45) is 0 Å². The largest absolute Gasteiger partial charge is 0.280 e. The number of rotatable bonds is 1. The highest BCUT2D eigenvalue weighted by Gasteiger charge is 2.30. The van der Waals surface area contributed by atoms with Gasteiger partial charge in [-0.25, -0.2) is 9.97 Å². The Morgan fingerprint density at radius 2 is 2.14 bits per heavy atom. The summed E-state index contributed by atoms with van der Waals surface area (Å²) in [6.07, 6.45) is 3.94. The third-order valence-electron chi connectivity index (χ3n) is 1.93. The smallest absolute Gasteiger partial charge is 0.232 e. The van der Waals surface area contributed by atoms with E-state index in [0.717, 1.165) is 3.57 Å². The zero-order valence-electron chi connectivity index (χ0n) is 7.15. The van der Waals surface area contributed by atoms with Crippen LogP contribution in [0.5, 0.6) is 0 Å². The SMILES string of the molecule is O=C1CC(Br)CN1c1ncc(I)cn1. The van der Waals surface area contributed by atoms with Crippen LogP contribution in [0, 0.1) is 3.57 Å². The molecule has 1 amide bonds. The summed E-state index contributed by atoms with van der Waals surface area (Å²) in [7, 11) is 0. The zero-order chi connectivity index (χ0) is 10.1. The molecular weight excluding hydrogens is 361 g/mol. The first-order valence-electron chi connectivity index (χ1n) is 4.09. The van der Waals surface area contributed by atoms with E-state index in [1.807, 2.05) is 0 Å². The summed E-state index contributed by atoms with van der Waals surface area (Å²) < 4.78 is 0.966. The molecule has 1 aliphatic heterocycles. The number of anilines is 1. The fraction of sp³-hybridized carbons (Fsp3) is 0.375. The molecule has 0 aliphatic carbocycles. The fourth-order valence-corrected chi connectivity index (χ4v) is 2.15. The Hall–Kier alpha value is -0.240. The Labute approximate surface area is 103 Å². The summed E-state index contributed by atoms with van der Waals surface area (Å²) >= 11 is 5.54. The van der Waals surface area contributed by atoms with E-state index < -0.39 is 0 Å². The fourth-order valence-electron chi connectivity index (χ4n) is 1.30. The number of carbonyl (C=O) groups excluding carboxylic acids is 1. The molecule has 6 heteroatoms. The number of aromatic nitrogens is 2. The third kappa shape index (κ3) is 2.05. The molecular formula is C8H7BrIN3O. The van der Waals surface area contributed by atoms with Crippen LogP contribution < -0.4 is 4.90 Å². The Kier molecular flexibility index (Phi) is 3.01. The topological polar surface area (TPSA) is 46.1 Å². The van der Waals surface area contributed by atoms with Gasteiger partial charge in [0.15, 0.2) is 0 Å². The lowest BCUT2D eigenvalue weighted by Gasteiger charge is -2.12. The molecule has 2 heterocycles. The molecule has 1 aromatic heterocycles. The quantitative estimate of drug-likeness (QED) is 0.559. The first kappa shape index (κ1) is 10.3. The number of nitrogens with zero attached hydrogens (tertiary/aromatic N) is 3. The van der Waals surface area contributed by atoms with Gasteiger partial charge in [0.1, 0.15) is 0 Å². The Morgan fingerprint density at radius 3 is 2.64 bits per heavy atom. The van der Waals surface area contributed by atoms with Crippen molar-refractivity contribution in [2.75, 3.05) is 11.4 Å². The molecule has 1 unspecified atom stereocenters. The molecule has 1 aliphatic rings. The van der Waals surface area contributed by atoms with Crippen LogP contribution >= 0.6 is 38.5 Å². The van der Waals surface area contributed by atoms with Crippen molar-refractivity contribution in [3.05, 3.63) is 16.0 Å². The monoisotopic (exact) mass is 367 g/mol. The molecule has 0 spiro atoms. The molecule has 0 saturated carbocycles. The van der Waals surface area contributed by atoms with Crippen molar-refractivity contribution in [2.45, 2.75) is 11.2 Å². The van der Waals surface area contributed by atoms with Crippen LogP contribution in [-0.4, -0.2) is 27.2 Å². The van der Waals surface area contributed by atoms with E-state index in [-0.39, 0.29) is 10.7 Å². The highest BCUT2D eigenvalue weighted by Crippen LogP contribution is 2.21. The maximum atomic E-state index is 11.5. The molecule has 4 nitrogen and oxygen atoms in total. The normalized spacial score (nSPS) is 21.7. The molecule has 1 saturated heterocycles. The minimum absolute atomic E-state index is 0.0769. The van der Waals surface area contributed by atoms with Crippen molar-refractivity contribution in [1.82, 2.24) is 9.97 Å². The molecule has 1 atom stereocenters. The first-order chi connectivity index (χ1) is 6.66. The Balaban J connectivity index is 2.23. The summed E-state index contributed by atoms with van der Waals surface area (Å²) in [4.78, 5) is 21.5. The molecule has 0 bridgehead atoms. The molecule has 0 aromatic carbocycles. The molecule has 1 fully saturated rings. The van der Waals surface area contributed by atoms with E-state index >= 15 is 0 Å². The second kappa shape index (κ2) is 4.09. The maximum Gasteiger partial charge on any atom is 0.232 e. The van der Waals surface area contributed by atoms with Crippen LogP contribution in [-0.2, 0) is 4.79 Å². The van der Waals surface area contributed by atoms with Gasteiger partial charge in [-0.2, -0.15) is 0 Å². The van der Waals surface area contributed by atoms with Crippen molar-refractivity contribution < 1.29 is 4.79 Å². The minimum atomic E-state index is 0.0769. The molecule has 14 heavy (non-hydrogen) atoms. The van der Waals surface area contributed by atoms with Gasteiger partial charge in [-0.1, -0.05) is 15.9 Å². The van der Waals surface area contributed by atoms with Crippen LogP contribution in [0.3, 0.4) is 0 Å². The minimum Gasteiger partial charge on any atom is -0.280 e. The second-order valence-electron chi connectivity index (χ2n) is 3.01. The summed E-state index contributed by atoms with van der Waals surface area (Å²) in [5.74, 6) is 0.574. The first-order valence-corrected chi connectivity index (χ1v) is 6.08. The van der Waals surface area contributed by atoms with E-state index in [9.17, 15) is 4.79 Å². The highest BCUT2D eigenvalue weighted by atomic mass is 127. The van der Waals surface area contributed by atoms with E-state index in [0.29, 0.717) is 18.9 Å². The van der Waals surface area contributed by atoms with Gasteiger partial charge in [-0.3, -0.25) is 9.69 Å². The molecule has 0 N–H and O–H groups in total. The van der Waals surface area contributed by atoms with E-state index in [4.69, 9.17) is 0 Å². The van der Waals surface area contributed by atoms with Crippen molar-refractivity contribution >= 4 is 50.4 Å². The van der Waals surface area contributed by atoms with Gasteiger partial charge < -0.3 is 0 Å². The van der Waals surface area contributed by atoms with Gasteiger partial charge in [0.05, 0.1) is 0 Å². The second-order valence-corrected chi connectivity index (χ2v) is 5.55. The molecule has 74 valence electrons. The van der Waals surface area contributed by atoms with Crippen molar-refractivity contribution in [3.8, 4) is 0 Å². The van der Waals surface area contributed by atoms with Gasteiger partial charge in [0.2, 0.25) is 11.9 Å². The van der Waals surface area contributed by atoms with Crippen LogP contribution in [0.1, 0.15) is 6.42 Å². The van der Waals surface area contributed by atoms with Gasteiger partial charge in [-0.05, 0) is 22.6 Å².